The van der Waals surface area contributed by atoms with Gasteiger partial charge in [-0.1, -0.05) is 41.6 Å². The van der Waals surface area contributed by atoms with Crippen molar-refractivity contribution >= 4 is 5.97 Å². The van der Waals surface area contributed by atoms with Gasteiger partial charge in [0.05, 0.1) is 32.4 Å². The predicted octanol–water partition coefficient (Wildman–Crippen LogP) is 0.912. The number of methoxy groups -OCH3 is 1. The molecule has 2 aromatic rings. The number of carbonyl (C=O) groups excluding carboxylic acids is 1. The van der Waals surface area contributed by atoms with Crippen molar-refractivity contribution in [3.63, 3.8) is 0 Å². The number of nitrogens with zero attached hydrogens (tertiary/aromatic N) is 3. The molecule has 0 aliphatic carbocycles. The molecule has 2 heterocycles. The zero-order chi connectivity index (χ0) is 23.5. The molecule has 0 amide bonds. The second-order valence-corrected chi connectivity index (χ2v) is 8.18. The normalized spacial score (nSPS) is 29.3. The molecule has 0 bridgehead atoms. The molecule has 4 rings (SSSR count). The van der Waals surface area contributed by atoms with E-state index in [1.807, 2.05) is 23.2 Å². The Labute approximate surface area is 190 Å². The first-order valence-corrected chi connectivity index (χ1v) is 10.6. The highest BCUT2D eigenvalue weighted by molar-refractivity contribution is 5.89. The van der Waals surface area contributed by atoms with Crippen molar-refractivity contribution in [1.29, 1.82) is 0 Å². The quantitative estimate of drug-likeness (QED) is 0.469. The van der Waals surface area contributed by atoms with E-state index in [-0.39, 0.29) is 6.04 Å². The summed E-state index contributed by atoms with van der Waals surface area (Å²) < 4.78 is 10.4. The van der Waals surface area contributed by atoms with E-state index in [2.05, 4.69) is 10.3 Å². The number of ether oxygens (including phenoxy) is 2. The minimum Gasteiger partial charge on any atom is -0.465 e. The van der Waals surface area contributed by atoms with Gasteiger partial charge in [-0.2, -0.15) is 5.11 Å². The maximum absolute atomic E-state index is 11.7. The molecular weight excluding hydrogens is 430 g/mol. The van der Waals surface area contributed by atoms with Gasteiger partial charge in [0.15, 0.2) is 0 Å². The van der Waals surface area contributed by atoms with Crippen LogP contribution in [0.25, 0.3) is 0 Å². The monoisotopic (exact) mass is 457 g/mol. The van der Waals surface area contributed by atoms with Crippen LogP contribution in [0.2, 0.25) is 0 Å². The van der Waals surface area contributed by atoms with Gasteiger partial charge in [-0.25, -0.2) is 4.79 Å². The fourth-order valence-corrected chi connectivity index (χ4v) is 4.09. The lowest BCUT2D eigenvalue weighted by atomic mass is 9.90. The van der Waals surface area contributed by atoms with E-state index in [4.69, 9.17) is 9.47 Å². The predicted molar refractivity (Wildman–Crippen MR) is 115 cm³/mol. The SMILES string of the molecule is COC(=O)c1cccc(CN2CC(c3ccc([C@H]4O[C@H](CO)[C@@H](O)[C@H](O)[C@@H]4O)cc3)N=N2)c1. The first kappa shape index (κ1) is 23.3. The minimum atomic E-state index is -1.42. The van der Waals surface area contributed by atoms with E-state index >= 15 is 0 Å². The highest BCUT2D eigenvalue weighted by Crippen LogP contribution is 2.34. The first-order valence-electron chi connectivity index (χ1n) is 10.6. The molecular formula is C23H27N3O7. The Bertz CT molecular complexity index is 998. The third-order valence-electron chi connectivity index (χ3n) is 5.96. The Morgan fingerprint density at radius 3 is 2.52 bits per heavy atom. The van der Waals surface area contributed by atoms with Gasteiger partial charge in [-0.05, 0) is 28.8 Å². The Kier molecular flexibility index (Phi) is 7.01. The molecule has 176 valence electrons. The summed E-state index contributed by atoms with van der Waals surface area (Å²) in [6, 6.07) is 14.2. The van der Waals surface area contributed by atoms with Gasteiger partial charge in [0.25, 0.3) is 0 Å². The molecule has 2 aliphatic rings. The largest absolute Gasteiger partial charge is 0.465 e. The molecule has 1 unspecified atom stereocenters. The van der Waals surface area contributed by atoms with Crippen LogP contribution in [0.15, 0.2) is 58.9 Å². The van der Waals surface area contributed by atoms with Gasteiger partial charge in [0.2, 0.25) is 0 Å². The number of aliphatic hydroxyl groups is 4. The fraction of sp³-hybridized carbons (Fsp3) is 0.435. The van der Waals surface area contributed by atoms with Crippen LogP contribution in [0.3, 0.4) is 0 Å². The summed E-state index contributed by atoms with van der Waals surface area (Å²) in [6.07, 6.45) is -5.97. The van der Waals surface area contributed by atoms with E-state index in [0.717, 1.165) is 11.1 Å². The van der Waals surface area contributed by atoms with Crippen molar-refractivity contribution in [2.75, 3.05) is 20.3 Å². The zero-order valence-electron chi connectivity index (χ0n) is 18.1. The van der Waals surface area contributed by atoms with Crippen LogP contribution in [0.4, 0.5) is 0 Å². The Balaban J connectivity index is 1.39. The van der Waals surface area contributed by atoms with Crippen LogP contribution in [0, 0.1) is 0 Å². The number of rotatable bonds is 6. The van der Waals surface area contributed by atoms with Crippen LogP contribution in [0.5, 0.6) is 0 Å². The van der Waals surface area contributed by atoms with E-state index in [1.165, 1.54) is 7.11 Å². The number of hydrogen-bond acceptors (Lipinski definition) is 10. The second kappa shape index (κ2) is 9.94. The van der Waals surface area contributed by atoms with Crippen molar-refractivity contribution in [3.8, 4) is 0 Å². The third kappa shape index (κ3) is 4.90. The summed E-state index contributed by atoms with van der Waals surface area (Å²) in [5.41, 5.74) is 2.92. The molecule has 33 heavy (non-hydrogen) atoms. The summed E-state index contributed by atoms with van der Waals surface area (Å²) in [4.78, 5) is 11.7. The molecule has 0 saturated carbocycles. The van der Waals surface area contributed by atoms with Crippen molar-refractivity contribution in [2.24, 2.45) is 10.3 Å². The summed E-state index contributed by atoms with van der Waals surface area (Å²) in [7, 11) is 1.34. The van der Waals surface area contributed by atoms with Crippen LogP contribution in [0.1, 0.15) is 39.2 Å². The van der Waals surface area contributed by atoms with Gasteiger partial charge >= 0.3 is 5.97 Å². The smallest absolute Gasteiger partial charge is 0.337 e. The minimum absolute atomic E-state index is 0.183. The zero-order valence-corrected chi connectivity index (χ0v) is 18.1. The Hall–Kier alpha value is -2.89. The third-order valence-corrected chi connectivity index (χ3v) is 5.96. The van der Waals surface area contributed by atoms with Crippen LogP contribution >= 0.6 is 0 Å². The van der Waals surface area contributed by atoms with Gasteiger partial charge < -0.3 is 29.9 Å². The topological polar surface area (TPSA) is 144 Å². The Morgan fingerprint density at radius 1 is 1.09 bits per heavy atom. The van der Waals surface area contributed by atoms with Crippen molar-refractivity contribution in [3.05, 3.63) is 70.8 Å². The molecule has 0 radical (unpaired) electrons. The molecule has 0 spiro atoms. The standard InChI is InChI=1S/C23H27N3O7/c1-32-23(31)16-4-2-3-13(9-16)10-26-11-17(24-25-26)14-5-7-15(8-6-14)22-21(30)20(29)19(28)18(12-27)33-22/h2-9,17-22,27-30H,10-12H2,1H3/t17?,18-,19-,20+,21+,22-/m1/s1. The molecule has 4 N–H and O–H groups in total. The number of aliphatic hydroxyl groups excluding tert-OH is 4. The number of esters is 1. The van der Waals surface area contributed by atoms with Crippen molar-refractivity contribution in [2.45, 2.75) is 43.1 Å². The number of benzene rings is 2. The fourth-order valence-electron chi connectivity index (χ4n) is 4.09. The van der Waals surface area contributed by atoms with Crippen LogP contribution in [-0.2, 0) is 16.0 Å². The molecule has 2 aromatic carbocycles. The van der Waals surface area contributed by atoms with Crippen LogP contribution < -0.4 is 0 Å². The maximum Gasteiger partial charge on any atom is 0.337 e. The van der Waals surface area contributed by atoms with E-state index in [1.54, 1.807) is 30.3 Å². The molecule has 1 saturated heterocycles. The van der Waals surface area contributed by atoms with Gasteiger partial charge in [-0.15, -0.1) is 0 Å². The van der Waals surface area contributed by atoms with E-state index < -0.39 is 43.1 Å². The average molecular weight is 457 g/mol. The number of hydrogen-bond donors (Lipinski definition) is 4. The van der Waals surface area contributed by atoms with Crippen LogP contribution in [-0.4, -0.2) is 76.1 Å². The summed E-state index contributed by atoms with van der Waals surface area (Å²) in [6.45, 7) is 0.579. The highest BCUT2D eigenvalue weighted by atomic mass is 16.5. The van der Waals surface area contributed by atoms with Gasteiger partial charge in [-0.3, -0.25) is 5.01 Å². The lowest BCUT2D eigenvalue weighted by Gasteiger charge is -2.40. The molecule has 2 aliphatic heterocycles. The molecule has 10 heteroatoms. The number of carbonyl (C=O) groups is 1. The molecule has 0 aromatic heterocycles. The molecule has 10 nitrogen and oxygen atoms in total. The summed E-state index contributed by atoms with van der Waals surface area (Å²) >= 11 is 0. The maximum atomic E-state index is 11.7. The lowest BCUT2D eigenvalue weighted by Crippen LogP contribution is -2.55. The van der Waals surface area contributed by atoms with E-state index in [0.29, 0.717) is 24.2 Å². The summed E-state index contributed by atoms with van der Waals surface area (Å²) in [5, 5.41) is 50.0. The van der Waals surface area contributed by atoms with Gasteiger partial charge in [0.1, 0.15) is 36.6 Å². The lowest BCUT2D eigenvalue weighted by molar-refractivity contribution is -0.231. The molecule has 6 atom stereocenters. The van der Waals surface area contributed by atoms with Gasteiger partial charge in [0, 0.05) is 0 Å². The highest BCUT2D eigenvalue weighted by Gasteiger charge is 2.43. The second-order valence-electron chi connectivity index (χ2n) is 8.18. The average Bonchev–Trinajstić information content (AvgIpc) is 3.31. The first-order chi connectivity index (χ1) is 15.9. The molecule has 1 fully saturated rings. The van der Waals surface area contributed by atoms with Crippen molar-refractivity contribution in [1.82, 2.24) is 5.01 Å². The summed E-state index contributed by atoms with van der Waals surface area (Å²) in [5.74, 6) is -0.391. The Morgan fingerprint density at radius 2 is 1.82 bits per heavy atom. The van der Waals surface area contributed by atoms with E-state index in [9.17, 15) is 25.2 Å². The van der Waals surface area contributed by atoms with Crippen molar-refractivity contribution < 1.29 is 34.7 Å².